The van der Waals surface area contributed by atoms with Crippen molar-refractivity contribution in [2.75, 3.05) is 0 Å². The van der Waals surface area contributed by atoms with E-state index < -0.39 is 22.4 Å². The molecule has 2 aromatic heterocycles. The fourth-order valence-corrected chi connectivity index (χ4v) is 4.17. The van der Waals surface area contributed by atoms with Crippen molar-refractivity contribution < 1.29 is 13.7 Å². The van der Waals surface area contributed by atoms with Crippen molar-refractivity contribution >= 4 is 5.69 Å². The first-order chi connectivity index (χ1) is 15.0. The minimum atomic E-state index is -0.746. The summed E-state index contributed by atoms with van der Waals surface area (Å²) in [6.45, 7) is 0. The Balaban J connectivity index is 1.81. The number of H-pyrrole nitrogens is 1. The predicted molar refractivity (Wildman–Crippen MR) is 109 cm³/mol. The van der Waals surface area contributed by atoms with Gasteiger partial charge >= 0.3 is 0 Å². The Morgan fingerprint density at radius 1 is 1.19 bits per heavy atom. The van der Waals surface area contributed by atoms with E-state index in [1.165, 1.54) is 18.3 Å². The van der Waals surface area contributed by atoms with Gasteiger partial charge in [-0.05, 0) is 55.9 Å². The Hall–Kier alpha value is -3.67. The lowest BCUT2D eigenvalue weighted by molar-refractivity contribution is -0.384. The summed E-state index contributed by atoms with van der Waals surface area (Å²) in [5, 5.41) is 20.5. The predicted octanol–water partition coefficient (Wildman–Crippen LogP) is 5.51. The van der Waals surface area contributed by atoms with Gasteiger partial charge in [0.2, 0.25) is 5.95 Å². The van der Waals surface area contributed by atoms with Crippen LogP contribution in [0.15, 0.2) is 36.5 Å². The topological polar surface area (TPSA) is 108 Å². The molecule has 0 radical (unpaired) electrons. The Kier molecular flexibility index (Phi) is 5.71. The lowest BCUT2D eigenvalue weighted by atomic mass is 9.80. The van der Waals surface area contributed by atoms with Crippen LogP contribution in [-0.4, -0.2) is 19.9 Å². The van der Waals surface area contributed by atoms with Gasteiger partial charge in [0.15, 0.2) is 0 Å². The van der Waals surface area contributed by atoms with Crippen molar-refractivity contribution in [2.45, 2.75) is 38.0 Å². The molecule has 0 saturated heterocycles. The van der Waals surface area contributed by atoms with Gasteiger partial charge in [-0.2, -0.15) is 9.65 Å². The van der Waals surface area contributed by atoms with Crippen LogP contribution in [0.1, 0.15) is 43.8 Å². The van der Waals surface area contributed by atoms with E-state index >= 15 is 0 Å². The monoisotopic (exact) mass is 423 g/mol. The first-order valence-corrected chi connectivity index (χ1v) is 10.00. The number of nitrogens with zero attached hydrogens (tertiary/aromatic N) is 4. The summed E-state index contributed by atoms with van der Waals surface area (Å²) in [5.41, 5.74) is 0.263. The quantitative estimate of drug-likeness (QED) is 0.330. The van der Waals surface area contributed by atoms with Gasteiger partial charge in [-0.25, -0.2) is 14.4 Å². The number of imidazole rings is 1. The summed E-state index contributed by atoms with van der Waals surface area (Å²) in [7, 11) is 0. The first-order valence-electron chi connectivity index (χ1n) is 10.00. The van der Waals surface area contributed by atoms with Gasteiger partial charge in [0, 0.05) is 18.5 Å². The number of hydrogen-bond donors (Lipinski definition) is 1. The normalized spacial score (nSPS) is 18.5. The maximum Gasteiger partial charge on any atom is 0.281 e. The molecule has 0 aliphatic heterocycles. The number of halogens is 2. The summed E-state index contributed by atoms with van der Waals surface area (Å²) < 4.78 is 28.2. The van der Waals surface area contributed by atoms with Crippen LogP contribution in [0.2, 0.25) is 0 Å². The van der Waals surface area contributed by atoms with Gasteiger partial charge < -0.3 is 4.98 Å². The standard InChI is InChI=1S/C22H19F2N5O2/c23-15-7-8-16(18(12-15)29(30)31)19-20(17-2-1-11-26-21(17)24)28-22(27-19)14-5-3-13(4-6-14)9-10-25/h1-2,7-8,11-14H,3-6,9H2,(H,27,28). The minimum Gasteiger partial charge on any atom is -0.341 e. The molecule has 1 saturated carbocycles. The number of nitro groups is 1. The number of nitriles is 1. The number of pyridine rings is 1. The maximum atomic E-state index is 14.5. The Morgan fingerprint density at radius 3 is 2.65 bits per heavy atom. The number of nitrogens with one attached hydrogen (secondary N) is 1. The van der Waals surface area contributed by atoms with Crippen LogP contribution >= 0.6 is 0 Å². The number of aromatic nitrogens is 3. The van der Waals surface area contributed by atoms with E-state index in [1.54, 1.807) is 6.07 Å². The van der Waals surface area contributed by atoms with Gasteiger partial charge in [0.05, 0.1) is 33.9 Å². The summed E-state index contributed by atoms with van der Waals surface area (Å²) in [5.74, 6) is -0.475. The average Bonchev–Trinajstić information content (AvgIpc) is 3.19. The molecule has 1 N–H and O–H groups in total. The zero-order chi connectivity index (χ0) is 22.0. The molecule has 158 valence electrons. The van der Waals surface area contributed by atoms with E-state index in [4.69, 9.17) is 5.26 Å². The molecule has 0 unspecified atom stereocenters. The van der Waals surface area contributed by atoms with Crippen molar-refractivity contribution in [3.8, 4) is 28.6 Å². The third-order valence-electron chi connectivity index (χ3n) is 5.78. The molecule has 3 aromatic rings. The summed E-state index contributed by atoms with van der Waals surface area (Å²) in [6, 6.07) is 8.53. The van der Waals surface area contributed by atoms with Crippen LogP contribution in [0.4, 0.5) is 14.5 Å². The van der Waals surface area contributed by atoms with Gasteiger partial charge in [0.1, 0.15) is 17.3 Å². The number of hydrogen-bond acceptors (Lipinski definition) is 5. The van der Waals surface area contributed by atoms with E-state index in [9.17, 15) is 18.9 Å². The second kappa shape index (κ2) is 8.60. The van der Waals surface area contributed by atoms with Crippen molar-refractivity contribution in [3.63, 3.8) is 0 Å². The molecule has 4 rings (SSSR count). The first kappa shape index (κ1) is 20.6. The molecule has 1 aliphatic rings. The van der Waals surface area contributed by atoms with E-state index in [2.05, 4.69) is 21.0 Å². The lowest BCUT2D eigenvalue weighted by Gasteiger charge is -2.25. The zero-order valence-corrected chi connectivity index (χ0v) is 16.5. The highest BCUT2D eigenvalue weighted by Crippen LogP contribution is 2.41. The molecule has 1 aromatic carbocycles. The molecule has 0 spiro atoms. The van der Waals surface area contributed by atoms with Crippen molar-refractivity contribution in [1.29, 1.82) is 5.26 Å². The second-order valence-electron chi connectivity index (χ2n) is 7.69. The van der Waals surface area contributed by atoms with Crippen LogP contribution in [0.3, 0.4) is 0 Å². The molecule has 7 nitrogen and oxygen atoms in total. The minimum absolute atomic E-state index is 0.0571. The molecular weight excluding hydrogens is 404 g/mol. The highest BCUT2D eigenvalue weighted by atomic mass is 19.1. The summed E-state index contributed by atoms with van der Waals surface area (Å²) in [6.07, 6.45) is 5.19. The van der Waals surface area contributed by atoms with E-state index in [0.29, 0.717) is 18.2 Å². The Morgan fingerprint density at radius 2 is 1.97 bits per heavy atom. The van der Waals surface area contributed by atoms with Crippen LogP contribution in [-0.2, 0) is 0 Å². The van der Waals surface area contributed by atoms with Crippen LogP contribution < -0.4 is 0 Å². The largest absolute Gasteiger partial charge is 0.341 e. The smallest absolute Gasteiger partial charge is 0.281 e. The van der Waals surface area contributed by atoms with Crippen molar-refractivity contribution in [2.24, 2.45) is 5.92 Å². The molecule has 1 fully saturated rings. The number of aromatic amines is 1. The molecule has 0 bridgehead atoms. The highest BCUT2D eigenvalue weighted by Gasteiger charge is 2.29. The zero-order valence-electron chi connectivity index (χ0n) is 16.5. The third-order valence-corrected chi connectivity index (χ3v) is 5.78. The van der Waals surface area contributed by atoms with Crippen LogP contribution in [0.25, 0.3) is 22.5 Å². The molecule has 9 heteroatoms. The van der Waals surface area contributed by atoms with Gasteiger partial charge in [-0.3, -0.25) is 10.1 Å². The molecule has 1 aliphatic carbocycles. The summed E-state index contributed by atoms with van der Waals surface area (Å²) in [4.78, 5) is 22.3. The fraction of sp³-hybridized carbons (Fsp3) is 0.318. The van der Waals surface area contributed by atoms with Gasteiger partial charge in [0.25, 0.3) is 5.69 Å². The van der Waals surface area contributed by atoms with Crippen LogP contribution in [0, 0.1) is 39.1 Å². The van der Waals surface area contributed by atoms with E-state index in [0.717, 1.165) is 37.8 Å². The van der Waals surface area contributed by atoms with Crippen molar-refractivity contribution in [3.05, 3.63) is 64.2 Å². The van der Waals surface area contributed by atoms with Crippen LogP contribution in [0.5, 0.6) is 0 Å². The number of benzene rings is 1. The molecule has 0 atom stereocenters. The molecule has 2 heterocycles. The van der Waals surface area contributed by atoms with Crippen molar-refractivity contribution in [1.82, 2.24) is 15.0 Å². The van der Waals surface area contributed by atoms with E-state index in [1.807, 2.05) is 0 Å². The molecular formula is C22H19F2N5O2. The fourth-order valence-electron chi connectivity index (χ4n) is 4.17. The average molecular weight is 423 g/mol. The van der Waals surface area contributed by atoms with Gasteiger partial charge in [-0.15, -0.1) is 0 Å². The molecule has 31 heavy (non-hydrogen) atoms. The lowest BCUT2D eigenvalue weighted by Crippen LogP contribution is -2.14. The summed E-state index contributed by atoms with van der Waals surface area (Å²) >= 11 is 0. The number of rotatable bonds is 5. The van der Waals surface area contributed by atoms with E-state index in [-0.39, 0.29) is 28.4 Å². The second-order valence-corrected chi connectivity index (χ2v) is 7.69. The SMILES string of the molecule is N#CCC1CCC(c2nc(-c3cccnc3F)c(-c3ccc(F)cc3[N+](=O)[O-])[nH]2)CC1. The number of nitro benzene ring substituents is 1. The Bertz CT molecular complexity index is 1160. The van der Waals surface area contributed by atoms with Gasteiger partial charge in [-0.1, -0.05) is 0 Å². The Labute approximate surface area is 176 Å². The highest BCUT2D eigenvalue weighted by molar-refractivity contribution is 5.83. The maximum absolute atomic E-state index is 14.5. The third kappa shape index (κ3) is 4.14. The molecule has 0 amide bonds.